The first-order chi connectivity index (χ1) is 9.28. The second-order valence-electron chi connectivity index (χ2n) is 4.86. The molecule has 0 N–H and O–H groups in total. The Labute approximate surface area is 114 Å². The molecular formula is C19H16. The van der Waals surface area contributed by atoms with Crippen LogP contribution in [0.4, 0.5) is 0 Å². The Kier molecular flexibility index (Phi) is 2.92. The summed E-state index contributed by atoms with van der Waals surface area (Å²) in [6.45, 7) is 6.04. The van der Waals surface area contributed by atoms with Crippen molar-refractivity contribution in [2.45, 2.75) is 6.92 Å². The van der Waals surface area contributed by atoms with Gasteiger partial charge >= 0.3 is 0 Å². The number of hydrogen-bond donors (Lipinski definition) is 0. The summed E-state index contributed by atoms with van der Waals surface area (Å²) in [5.74, 6) is 0. The van der Waals surface area contributed by atoms with Crippen molar-refractivity contribution in [2.24, 2.45) is 0 Å². The zero-order valence-electron chi connectivity index (χ0n) is 11.1. The van der Waals surface area contributed by atoms with Gasteiger partial charge in [0.25, 0.3) is 0 Å². The Morgan fingerprint density at radius 1 is 0.842 bits per heavy atom. The maximum absolute atomic E-state index is 3.93. The fraction of sp³-hybridized carbons (Fsp3) is 0.0526. The molecule has 0 bridgehead atoms. The van der Waals surface area contributed by atoms with Crippen molar-refractivity contribution in [2.75, 3.05) is 0 Å². The summed E-state index contributed by atoms with van der Waals surface area (Å²) in [4.78, 5) is 0. The highest BCUT2D eigenvalue weighted by Crippen LogP contribution is 2.28. The Balaban J connectivity index is 2.24. The minimum absolute atomic E-state index is 1.19. The van der Waals surface area contributed by atoms with Crippen LogP contribution < -0.4 is 0 Å². The summed E-state index contributed by atoms with van der Waals surface area (Å²) in [7, 11) is 0. The molecule has 0 fully saturated rings. The molecule has 0 radical (unpaired) electrons. The molecule has 0 heterocycles. The molecule has 3 rings (SSSR count). The van der Waals surface area contributed by atoms with Crippen molar-refractivity contribution in [3.05, 3.63) is 78.4 Å². The van der Waals surface area contributed by atoms with Gasteiger partial charge in [-0.3, -0.25) is 0 Å². The zero-order valence-corrected chi connectivity index (χ0v) is 11.1. The molecule has 92 valence electrons. The van der Waals surface area contributed by atoms with Crippen LogP contribution in [0.2, 0.25) is 0 Å². The molecule has 0 saturated heterocycles. The molecule has 0 nitrogen and oxygen atoms in total. The molecule has 3 aromatic rings. The van der Waals surface area contributed by atoms with Crippen LogP contribution in [0.1, 0.15) is 11.1 Å². The predicted octanol–water partition coefficient (Wildman–Crippen LogP) is 5.46. The number of benzene rings is 3. The van der Waals surface area contributed by atoms with Crippen molar-refractivity contribution in [1.29, 1.82) is 0 Å². The molecule has 0 spiro atoms. The average molecular weight is 244 g/mol. The van der Waals surface area contributed by atoms with Crippen LogP contribution in [0.5, 0.6) is 0 Å². The predicted molar refractivity (Wildman–Crippen MR) is 84.2 cm³/mol. The zero-order chi connectivity index (χ0) is 13.2. The quantitative estimate of drug-likeness (QED) is 0.561. The van der Waals surface area contributed by atoms with Gasteiger partial charge in [0.15, 0.2) is 0 Å². The molecule has 0 atom stereocenters. The molecule has 3 aromatic carbocycles. The highest BCUT2D eigenvalue weighted by atomic mass is 14.1. The maximum Gasteiger partial charge on any atom is -0.0111 e. The van der Waals surface area contributed by atoms with E-state index in [0.29, 0.717) is 0 Å². The summed E-state index contributed by atoms with van der Waals surface area (Å²) in [6.07, 6.45) is 1.93. The van der Waals surface area contributed by atoms with Gasteiger partial charge in [0.05, 0.1) is 0 Å². The van der Waals surface area contributed by atoms with E-state index < -0.39 is 0 Å². The lowest BCUT2D eigenvalue weighted by molar-refractivity contribution is 1.47. The third-order valence-corrected chi connectivity index (χ3v) is 3.50. The van der Waals surface area contributed by atoms with Gasteiger partial charge in [0.2, 0.25) is 0 Å². The first-order valence-electron chi connectivity index (χ1n) is 6.50. The van der Waals surface area contributed by atoms with Crippen LogP contribution in [0, 0.1) is 6.92 Å². The van der Waals surface area contributed by atoms with E-state index >= 15 is 0 Å². The standard InChI is InChI=1S/C19H16/c1-3-15-12-18(16-10-8-14(2)9-11-16)13-17-6-4-5-7-19(15)17/h3-13H,1H2,2H3. The van der Waals surface area contributed by atoms with Crippen molar-refractivity contribution in [3.63, 3.8) is 0 Å². The number of aryl methyl sites for hydroxylation is 1. The molecule has 0 heteroatoms. The second kappa shape index (κ2) is 4.74. The van der Waals surface area contributed by atoms with Gasteiger partial charge in [-0.2, -0.15) is 0 Å². The van der Waals surface area contributed by atoms with E-state index in [1.807, 2.05) is 6.08 Å². The number of hydrogen-bond acceptors (Lipinski definition) is 0. The fourth-order valence-electron chi connectivity index (χ4n) is 2.42. The highest BCUT2D eigenvalue weighted by Gasteiger charge is 2.03. The van der Waals surface area contributed by atoms with Crippen LogP contribution >= 0.6 is 0 Å². The second-order valence-corrected chi connectivity index (χ2v) is 4.86. The summed E-state index contributed by atoms with van der Waals surface area (Å²) in [6, 6.07) is 21.5. The van der Waals surface area contributed by atoms with E-state index in [9.17, 15) is 0 Å². The molecular weight excluding hydrogens is 228 g/mol. The third-order valence-electron chi connectivity index (χ3n) is 3.50. The largest absolute Gasteiger partial charge is 0.0984 e. The number of fused-ring (bicyclic) bond motifs is 1. The smallest absolute Gasteiger partial charge is 0.0111 e. The van der Waals surface area contributed by atoms with Crippen molar-refractivity contribution < 1.29 is 0 Å². The van der Waals surface area contributed by atoms with E-state index in [1.54, 1.807) is 0 Å². The van der Waals surface area contributed by atoms with Crippen LogP contribution in [-0.4, -0.2) is 0 Å². The first kappa shape index (κ1) is 11.7. The van der Waals surface area contributed by atoms with Gasteiger partial charge in [0, 0.05) is 0 Å². The Bertz CT molecular complexity index is 734. The highest BCUT2D eigenvalue weighted by molar-refractivity contribution is 5.94. The minimum Gasteiger partial charge on any atom is -0.0984 e. The average Bonchev–Trinajstić information content (AvgIpc) is 2.47. The molecule has 0 aromatic heterocycles. The monoisotopic (exact) mass is 244 g/mol. The summed E-state index contributed by atoms with van der Waals surface area (Å²) >= 11 is 0. The van der Waals surface area contributed by atoms with Crippen LogP contribution in [0.3, 0.4) is 0 Å². The lowest BCUT2D eigenvalue weighted by Gasteiger charge is -2.08. The lowest BCUT2D eigenvalue weighted by atomic mass is 9.96. The third kappa shape index (κ3) is 2.17. The first-order valence-corrected chi connectivity index (χ1v) is 6.50. The van der Waals surface area contributed by atoms with Crippen LogP contribution in [0.25, 0.3) is 28.0 Å². The van der Waals surface area contributed by atoms with Crippen molar-refractivity contribution in [1.82, 2.24) is 0 Å². The topological polar surface area (TPSA) is 0 Å². The van der Waals surface area contributed by atoms with E-state index in [-0.39, 0.29) is 0 Å². The Hall–Kier alpha value is -2.34. The number of rotatable bonds is 2. The fourth-order valence-corrected chi connectivity index (χ4v) is 2.42. The van der Waals surface area contributed by atoms with Gasteiger partial charge < -0.3 is 0 Å². The SMILES string of the molecule is C=Cc1cc(-c2ccc(C)cc2)cc2ccccc12. The normalized spacial score (nSPS) is 10.6. The van der Waals surface area contributed by atoms with E-state index in [2.05, 4.69) is 74.2 Å². The van der Waals surface area contributed by atoms with Crippen LogP contribution in [-0.2, 0) is 0 Å². The molecule has 0 aliphatic rings. The van der Waals surface area contributed by atoms with Crippen LogP contribution in [0.15, 0.2) is 67.2 Å². The van der Waals surface area contributed by atoms with Crippen molar-refractivity contribution >= 4 is 16.8 Å². The molecule has 0 aliphatic heterocycles. The molecule has 19 heavy (non-hydrogen) atoms. The molecule has 0 amide bonds. The maximum atomic E-state index is 3.93. The summed E-state index contributed by atoms with van der Waals surface area (Å²) in [5.41, 5.74) is 4.97. The van der Waals surface area contributed by atoms with Gasteiger partial charge in [-0.25, -0.2) is 0 Å². The summed E-state index contributed by atoms with van der Waals surface area (Å²) in [5, 5.41) is 2.52. The Morgan fingerprint density at radius 3 is 2.32 bits per heavy atom. The van der Waals surface area contributed by atoms with E-state index in [0.717, 1.165) is 0 Å². The van der Waals surface area contributed by atoms with Gasteiger partial charge in [-0.1, -0.05) is 66.7 Å². The van der Waals surface area contributed by atoms with E-state index in [1.165, 1.54) is 33.0 Å². The molecule has 0 aliphatic carbocycles. The Morgan fingerprint density at radius 2 is 1.58 bits per heavy atom. The van der Waals surface area contributed by atoms with Gasteiger partial charge in [-0.15, -0.1) is 0 Å². The van der Waals surface area contributed by atoms with E-state index in [4.69, 9.17) is 0 Å². The summed E-state index contributed by atoms with van der Waals surface area (Å²) < 4.78 is 0. The van der Waals surface area contributed by atoms with Gasteiger partial charge in [-0.05, 0) is 46.5 Å². The molecule has 0 unspecified atom stereocenters. The van der Waals surface area contributed by atoms with Gasteiger partial charge in [0.1, 0.15) is 0 Å². The molecule has 0 saturated carbocycles. The van der Waals surface area contributed by atoms with Crippen molar-refractivity contribution in [3.8, 4) is 11.1 Å². The lowest BCUT2D eigenvalue weighted by Crippen LogP contribution is -1.83. The minimum atomic E-state index is 1.19.